The Morgan fingerprint density at radius 3 is 2.64 bits per heavy atom. The van der Waals surface area contributed by atoms with Gasteiger partial charge in [-0.25, -0.2) is 4.99 Å². The molecule has 0 atom stereocenters. The molecule has 0 aromatic rings. The summed E-state index contributed by atoms with van der Waals surface area (Å²) in [5.74, 6) is -0.365. The van der Waals surface area contributed by atoms with E-state index in [9.17, 15) is 4.79 Å². The Labute approximate surface area is 150 Å². The molecule has 1 heterocycles. The lowest BCUT2D eigenvalue weighted by molar-refractivity contribution is -0.112. The zero-order chi connectivity index (χ0) is 19.1. The van der Waals surface area contributed by atoms with Crippen molar-refractivity contribution >= 4 is 17.5 Å². The second-order valence-corrected chi connectivity index (χ2v) is 6.11. The van der Waals surface area contributed by atoms with Gasteiger partial charge in [0.05, 0.1) is 11.4 Å². The summed E-state index contributed by atoms with van der Waals surface area (Å²) in [5.41, 5.74) is 9.77. The average molecular weight is 343 g/mol. The molecule has 1 rings (SSSR count). The Kier molecular flexibility index (Phi) is 7.36. The van der Waals surface area contributed by atoms with Crippen molar-refractivity contribution in [2.24, 2.45) is 10.7 Å². The van der Waals surface area contributed by atoms with E-state index in [1.165, 1.54) is 0 Å². The molecule has 6 heteroatoms. The Hall–Kier alpha value is -2.63. The normalized spacial score (nSPS) is 18.0. The predicted octanol–water partition coefficient (Wildman–Crippen LogP) is 2.52. The maximum absolute atomic E-state index is 11.6. The van der Waals surface area contributed by atoms with Gasteiger partial charge >= 0.3 is 0 Å². The van der Waals surface area contributed by atoms with E-state index in [0.29, 0.717) is 18.0 Å². The number of amidine groups is 1. The molecule has 0 bridgehead atoms. The fourth-order valence-corrected chi connectivity index (χ4v) is 2.37. The third-order valence-corrected chi connectivity index (χ3v) is 4.14. The molecule has 0 aromatic carbocycles. The number of hydrogen-bond donors (Lipinski definition) is 3. The average Bonchev–Trinajstić information content (AvgIpc) is 2.57. The summed E-state index contributed by atoms with van der Waals surface area (Å²) in [7, 11) is 3.59. The van der Waals surface area contributed by atoms with Crippen molar-refractivity contribution in [3.63, 3.8) is 0 Å². The molecule has 25 heavy (non-hydrogen) atoms. The minimum Gasteiger partial charge on any atom is -0.391 e. The minimum absolute atomic E-state index is 0.207. The van der Waals surface area contributed by atoms with Crippen LogP contribution in [0.4, 0.5) is 0 Å². The topological polar surface area (TPSA) is 94.6 Å². The highest BCUT2D eigenvalue weighted by molar-refractivity contribution is 6.37. The standard InChI is InChI=1S/C19H29N5O/c1-7-8-9-15(17(20)13(3)14(4)22-5)10-16-12(2)11-24(6)19(23-16)18(21)25/h9-10,20,22H,2,7-8,11H2,1,3-6H3,(H2,21,25)/b14-13+,15-9+,16-10+,20-17?. The Bertz CT molecular complexity index is 695. The summed E-state index contributed by atoms with van der Waals surface area (Å²) >= 11 is 0. The fourth-order valence-electron chi connectivity index (χ4n) is 2.37. The zero-order valence-electron chi connectivity index (χ0n) is 15.9. The van der Waals surface area contributed by atoms with Gasteiger partial charge in [-0.2, -0.15) is 0 Å². The van der Waals surface area contributed by atoms with E-state index in [-0.39, 0.29) is 5.84 Å². The first-order chi connectivity index (χ1) is 11.7. The molecule has 0 fully saturated rings. The van der Waals surface area contributed by atoms with Gasteiger partial charge < -0.3 is 16.0 Å². The van der Waals surface area contributed by atoms with Crippen LogP contribution in [0, 0.1) is 5.41 Å². The van der Waals surface area contributed by atoms with Crippen LogP contribution in [-0.4, -0.2) is 43.0 Å². The molecular weight excluding hydrogens is 314 g/mol. The third kappa shape index (κ3) is 5.17. The van der Waals surface area contributed by atoms with Crippen LogP contribution in [0.2, 0.25) is 0 Å². The van der Waals surface area contributed by atoms with Crippen molar-refractivity contribution < 1.29 is 4.79 Å². The van der Waals surface area contributed by atoms with Crippen LogP contribution in [0.25, 0.3) is 0 Å². The number of nitrogens with two attached hydrogens (primary N) is 1. The highest BCUT2D eigenvalue weighted by Crippen LogP contribution is 2.22. The first kappa shape index (κ1) is 20.4. The fraction of sp³-hybridized carbons (Fsp3) is 0.421. The monoisotopic (exact) mass is 343 g/mol. The van der Waals surface area contributed by atoms with Gasteiger partial charge in [0.1, 0.15) is 0 Å². The van der Waals surface area contributed by atoms with Crippen molar-refractivity contribution in [2.45, 2.75) is 33.6 Å². The second-order valence-electron chi connectivity index (χ2n) is 6.11. The molecule has 0 radical (unpaired) electrons. The molecule has 1 amide bonds. The summed E-state index contributed by atoms with van der Waals surface area (Å²) in [5, 5.41) is 11.6. The van der Waals surface area contributed by atoms with Crippen LogP contribution in [-0.2, 0) is 4.79 Å². The number of amides is 1. The molecule has 136 valence electrons. The van der Waals surface area contributed by atoms with Gasteiger partial charge in [0.2, 0.25) is 0 Å². The molecule has 6 nitrogen and oxygen atoms in total. The van der Waals surface area contributed by atoms with Crippen molar-refractivity contribution in [1.29, 1.82) is 5.41 Å². The van der Waals surface area contributed by atoms with Crippen molar-refractivity contribution in [3.8, 4) is 0 Å². The van der Waals surface area contributed by atoms with Gasteiger partial charge in [-0.1, -0.05) is 26.0 Å². The van der Waals surface area contributed by atoms with Gasteiger partial charge in [-0.3, -0.25) is 10.2 Å². The number of nitrogens with zero attached hydrogens (tertiary/aromatic N) is 2. The number of allylic oxidation sites excluding steroid dienone is 5. The molecule has 1 aliphatic heterocycles. The quantitative estimate of drug-likeness (QED) is 0.620. The Morgan fingerprint density at radius 1 is 1.48 bits per heavy atom. The van der Waals surface area contributed by atoms with Crippen molar-refractivity contribution in [1.82, 2.24) is 10.2 Å². The van der Waals surface area contributed by atoms with Crippen LogP contribution in [0.1, 0.15) is 33.6 Å². The Balaban J connectivity index is 3.38. The van der Waals surface area contributed by atoms with E-state index in [4.69, 9.17) is 11.1 Å². The third-order valence-electron chi connectivity index (χ3n) is 4.14. The molecule has 1 aliphatic rings. The van der Waals surface area contributed by atoms with Crippen LogP contribution >= 0.6 is 0 Å². The summed E-state index contributed by atoms with van der Waals surface area (Å²) < 4.78 is 0. The first-order valence-electron chi connectivity index (χ1n) is 8.37. The molecule has 0 unspecified atom stereocenters. The second kappa shape index (κ2) is 9.01. The zero-order valence-corrected chi connectivity index (χ0v) is 15.9. The highest BCUT2D eigenvalue weighted by atomic mass is 16.1. The van der Waals surface area contributed by atoms with E-state index in [1.807, 2.05) is 33.0 Å². The smallest absolute Gasteiger partial charge is 0.284 e. The lowest BCUT2D eigenvalue weighted by Gasteiger charge is -2.26. The molecular formula is C19H29N5O. The van der Waals surface area contributed by atoms with Crippen LogP contribution in [0.3, 0.4) is 0 Å². The van der Waals surface area contributed by atoms with Crippen LogP contribution < -0.4 is 11.1 Å². The summed E-state index contributed by atoms with van der Waals surface area (Å²) in [6.45, 7) is 10.5. The lowest BCUT2D eigenvalue weighted by Crippen LogP contribution is -2.41. The number of aliphatic imine (C=N–C) groups is 1. The minimum atomic E-state index is -0.572. The Morgan fingerprint density at radius 2 is 2.12 bits per heavy atom. The molecule has 0 spiro atoms. The number of likely N-dealkylation sites (N-methyl/N-ethyl adjacent to an activating group) is 1. The molecule has 4 N–H and O–H groups in total. The van der Waals surface area contributed by atoms with Gasteiger partial charge in [-0.05, 0) is 43.1 Å². The maximum Gasteiger partial charge on any atom is 0.284 e. The first-order valence-corrected chi connectivity index (χ1v) is 8.37. The number of unbranched alkanes of at least 4 members (excludes halogenated alkanes) is 1. The van der Waals surface area contributed by atoms with Crippen molar-refractivity contribution in [3.05, 3.63) is 46.8 Å². The molecule has 0 saturated carbocycles. The number of hydrogen-bond acceptors (Lipinski definition) is 5. The summed E-state index contributed by atoms with van der Waals surface area (Å²) in [4.78, 5) is 17.6. The van der Waals surface area contributed by atoms with E-state index in [0.717, 1.165) is 35.3 Å². The van der Waals surface area contributed by atoms with Crippen molar-refractivity contribution in [2.75, 3.05) is 20.6 Å². The van der Waals surface area contributed by atoms with Crippen LogP contribution in [0.5, 0.6) is 0 Å². The number of rotatable bonds is 7. The van der Waals surface area contributed by atoms with Gasteiger partial charge in [0.15, 0.2) is 5.84 Å². The maximum atomic E-state index is 11.6. The van der Waals surface area contributed by atoms with E-state index in [2.05, 4.69) is 23.8 Å². The van der Waals surface area contributed by atoms with E-state index < -0.39 is 5.91 Å². The summed E-state index contributed by atoms with van der Waals surface area (Å²) in [6.07, 6.45) is 5.68. The van der Waals surface area contributed by atoms with Gasteiger partial charge in [0.25, 0.3) is 5.91 Å². The number of nitrogens with one attached hydrogen (secondary N) is 2. The van der Waals surface area contributed by atoms with E-state index in [1.54, 1.807) is 11.9 Å². The largest absolute Gasteiger partial charge is 0.391 e. The predicted molar refractivity (Wildman–Crippen MR) is 105 cm³/mol. The highest BCUT2D eigenvalue weighted by Gasteiger charge is 2.22. The van der Waals surface area contributed by atoms with E-state index >= 15 is 0 Å². The van der Waals surface area contributed by atoms with Gasteiger partial charge in [-0.15, -0.1) is 0 Å². The summed E-state index contributed by atoms with van der Waals surface area (Å²) in [6, 6.07) is 0. The molecule has 0 aromatic heterocycles. The molecule has 0 aliphatic carbocycles. The lowest BCUT2D eigenvalue weighted by atomic mass is 9.98. The molecule has 0 saturated heterocycles. The number of primary amides is 1. The van der Waals surface area contributed by atoms with Gasteiger partial charge in [0, 0.05) is 26.3 Å². The number of carbonyl (C=O) groups is 1. The van der Waals surface area contributed by atoms with Crippen LogP contribution in [0.15, 0.2) is 51.8 Å². The SMILES string of the molecule is C=C1CN(C)C(C(N)=O)=N/C1=C/C(=C\CCC)C(=N)/C(C)=C(\C)NC. The number of carbonyl (C=O) groups excluding carboxylic acids is 1.